The first kappa shape index (κ1) is 7.15. The minimum atomic E-state index is 0.181. The molecule has 1 radical (unpaired) electrons. The minimum absolute atomic E-state index is 0.181. The Labute approximate surface area is 52.2 Å². The Kier molecular flexibility index (Phi) is 3.26. The van der Waals surface area contributed by atoms with E-state index in [9.17, 15) is 4.79 Å². The van der Waals surface area contributed by atoms with Gasteiger partial charge in [-0.15, -0.1) is 0 Å². The van der Waals surface area contributed by atoms with Crippen molar-refractivity contribution in [1.29, 1.82) is 0 Å². The van der Waals surface area contributed by atoms with E-state index in [1.54, 1.807) is 6.92 Å². The van der Waals surface area contributed by atoms with Gasteiger partial charge in [0, 0.05) is 6.42 Å². The number of carbonyl (C=O) groups excluding carboxylic acids is 1. The minimum Gasteiger partial charge on any atom is -0.298 e. The molecule has 0 saturated heterocycles. The van der Waals surface area contributed by atoms with Crippen LogP contribution in [0.15, 0.2) is 0 Å². The van der Waals surface area contributed by atoms with Crippen LogP contribution in [-0.2, 0) is 4.79 Å². The van der Waals surface area contributed by atoms with Crippen LogP contribution in [0.3, 0.4) is 0 Å². The summed E-state index contributed by atoms with van der Waals surface area (Å²) in [4.78, 5) is 11.1. The fourth-order valence-corrected chi connectivity index (χ4v) is 0.524. The summed E-state index contributed by atoms with van der Waals surface area (Å²) in [6, 6.07) is 0. The fourth-order valence-electron chi connectivity index (χ4n) is 0.244. The second-order valence-electron chi connectivity index (χ2n) is 1.31. The van der Waals surface area contributed by atoms with Gasteiger partial charge in [0.15, 0.2) is 5.78 Å². The van der Waals surface area contributed by atoms with Gasteiger partial charge >= 0.3 is 0 Å². The average Bonchev–Trinajstić information content (AvgIpc) is 1.65. The summed E-state index contributed by atoms with van der Waals surface area (Å²) in [6.07, 6.45) is 0.594. The number of halogens is 1. The highest BCUT2D eigenvalue weighted by Crippen LogP contribution is 2.09. The number of hydrogen-bond donors (Lipinski definition) is 0. The summed E-state index contributed by atoms with van der Waals surface area (Å²) in [7, 11) is 0. The zero-order chi connectivity index (χ0) is 5.86. The van der Waals surface area contributed by atoms with Crippen molar-refractivity contribution in [2.45, 2.75) is 20.3 Å². The van der Waals surface area contributed by atoms with E-state index in [1.165, 1.54) is 0 Å². The van der Waals surface area contributed by atoms with Crippen LogP contribution in [0.1, 0.15) is 20.3 Å². The molecule has 0 aromatic heterocycles. The molecular formula is C5H8BrO. The molecule has 1 nitrogen and oxygen atoms in total. The van der Waals surface area contributed by atoms with Gasteiger partial charge in [-0.2, -0.15) is 0 Å². The second-order valence-corrected chi connectivity index (χ2v) is 2.50. The number of carbonyl (C=O) groups is 1. The van der Waals surface area contributed by atoms with Gasteiger partial charge in [0.25, 0.3) is 0 Å². The van der Waals surface area contributed by atoms with Crippen LogP contribution in [0, 0.1) is 4.83 Å². The van der Waals surface area contributed by atoms with Crippen LogP contribution in [-0.4, -0.2) is 5.78 Å². The molecule has 0 unspecified atom stereocenters. The van der Waals surface area contributed by atoms with Crippen LogP contribution >= 0.6 is 15.9 Å². The largest absolute Gasteiger partial charge is 0.298 e. The van der Waals surface area contributed by atoms with Gasteiger partial charge in [-0.1, -0.05) is 22.9 Å². The summed E-state index contributed by atoms with van der Waals surface area (Å²) >= 11 is 3.07. The van der Waals surface area contributed by atoms with Crippen molar-refractivity contribution >= 4 is 21.7 Å². The van der Waals surface area contributed by atoms with E-state index in [1.807, 2.05) is 6.92 Å². The lowest BCUT2D eigenvalue weighted by Gasteiger charge is -1.92. The van der Waals surface area contributed by atoms with Gasteiger partial charge in [-0.3, -0.25) is 4.79 Å². The highest BCUT2D eigenvalue weighted by atomic mass is 79.9. The molecule has 0 aliphatic rings. The molecule has 2 heteroatoms. The monoisotopic (exact) mass is 163 g/mol. The number of Topliss-reactive ketones (excluding diaryl/α,β-unsaturated/α-hetero) is 1. The van der Waals surface area contributed by atoms with Gasteiger partial charge < -0.3 is 0 Å². The molecule has 0 fully saturated rings. The third kappa shape index (κ3) is 2.80. The smallest absolute Gasteiger partial charge is 0.150 e. The van der Waals surface area contributed by atoms with E-state index in [4.69, 9.17) is 0 Å². The van der Waals surface area contributed by atoms with Gasteiger partial charge in [-0.25, -0.2) is 0 Å². The molecule has 0 aromatic carbocycles. The van der Waals surface area contributed by atoms with Crippen LogP contribution in [0.5, 0.6) is 0 Å². The third-order valence-electron chi connectivity index (χ3n) is 0.705. The van der Waals surface area contributed by atoms with Crippen LogP contribution in [0.25, 0.3) is 0 Å². The van der Waals surface area contributed by atoms with Crippen molar-refractivity contribution in [3.63, 3.8) is 0 Å². The summed E-state index contributed by atoms with van der Waals surface area (Å²) in [5.74, 6) is 0.181. The van der Waals surface area contributed by atoms with E-state index in [0.29, 0.717) is 6.42 Å². The fraction of sp³-hybridized carbons (Fsp3) is 0.600. The summed E-state index contributed by atoms with van der Waals surface area (Å²) in [5, 5.41) is 0. The Hall–Kier alpha value is 0.150. The Morgan fingerprint density at radius 1 is 1.71 bits per heavy atom. The normalized spacial score (nSPS) is 9.71. The molecule has 0 bridgehead atoms. The molecule has 0 aliphatic carbocycles. The molecule has 0 rings (SSSR count). The number of ketones is 1. The molecule has 0 amide bonds. The molecule has 7 heavy (non-hydrogen) atoms. The van der Waals surface area contributed by atoms with Gasteiger partial charge in [0.1, 0.15) is 4.83 Å². The van der Waals surface area contributed by atoms with Crippen molar-refractivity contribution in [2.75, 3.05) is 0 Å². The first-order chi connectivity index (χ1) is 3.18. The van der Waals surface area contributed by atoms with Crippen LogP contribution in [0.4, 0.5) is 0 Å². The van der Waals surface area contributed by atoms with Crippen molar-refractivity contribution < 1.29 is 4.79 Å². The molecular weight excluding hydrogens is 156 g/mol. The Morgan fingerprint density at radius 3 is 2.14 bits per heavy atom. The SMILES string of the molecule is CCC(=O)[C](C)Br. The Morgan fingerprint density at radius 2 is 2.14 bits per heavy atom. The summed E-state index contributed by atoms with van der Waals surface area (Å²) in [5.41, 5.74) is 0. The van der Waals surface area contributed by atoms with Gasteiger partial charge in [0.2, 0.25) is 0 Å². The standard InChI is InChI=1S/C5H8BrO/c1-3-5(7)4(2)6/h3H2,1-2H3. The molecule has 0 aliphatic heterocycles. The van der Waals surface area contributed by atoms with Crippen molar-refractivity contribution in [3.05, 3.63) is 4.83 Å². The highest BCUT2D eigenvalue weighted by molar-refractivity contribution is 9.11. The third-order valence-corrected chi connectivity index (χ3v) is 1.15. The predicted octanol–water partition coefficient (Wildman–Crippen LogP) is 1.91. The lowest BCUT2D eigenvalue weighted by molar-refractivity contribution is -0.115. The van der Waals surface area contributed by atoms with Gasteiger partial charge in [-0.05, 0) is 6.92 Å². The predicted molar refractivity (Wildman–Crippen MR) is 33.1 cm³/mol. The molecule has 0 aromatic rings. The molecule has 0 spiro atoms. The van der Waals surface area contributed by atoms with Crippen molar-refractivity contribution in [2.24, 2.45) is 0 Å². The van der Waals surface area contributed by atoms with E-state index in [-0.39, 0.29) is 5.78 Å². The van der Waals surface area contributed by atoms with Gasteiger partial charge in [0.05, 0.1) is 0 Å². The summed E-state index contributed by atoms with van der Waals surface area (Å²) in [6.45, 7) is 3.60. The molecule has 0 saturated carbocycles. The second kappa shape index (κ2) is 3.19. The zero-order valence-electron chi connectivity index (χ0n) is 4.49. The Bertz CT molecular complexity index is 68.5. The molecule has 0 N–H and O–H groups in total. The molecule has 41 valence electrons. The van der Waals surface area contributed by atoms with Crippen molar-refractivity contribution in [3.8, 4) is 0 Å². The lowest BCUT2D eigenvalue weighted by Crippen LogP contribution is -1.97. The molecule has 0 atom stereocenters. The van der Waals surface area contributed by atoms with Crippen LogP contribution < -0.4 is 0 Å². The number of hydrogen-bond acceptors (Lipinski definition) is 1. The molecule has 0 heterocycles. The van der Waals surface area contributed by atoms with Crippen molar-refractivity contribution in [1.82, 2.24) is 0 Å². The zero-order valence-corrected chi connectivity index (χ0v) is 6.08. The average molecular weight is 164 g/mol. The van der Waals surface area contributed by atoms with E-state index >= 15 is 0 Å². The van der Waals surface area contributed by atoms with E-state index in [2.05, 4.69) is 15.9 Å². The first-order valence-electron chi connectivity index (χ1n) is 2.20. The maximum Gasteiger partial charge on any atom is 0.150 e. The highest BCUT2D eigenvalue weighted by Gasteiger charge is 2.04. The topological polar surface area (TPSA) is 17.1 Å². The van der Waals surface area contributed by atoms with E-state index < -0.39 is 0 Å². The lowest BCUT2D eigenvalue weighted by atomic mass is 10.2. The van der Waals surface area contributed by atoms with Crippen LogP contribution in [0.2, 0.25) is 0 Å². The quantitative estimate of drug-likeness (QED) is 0.609. The maximum atomic E-state index is 10.4. The first-order valence-corrected chi connectivity index (χ1v) is 3.00. The number of rotatable bonds is 2. The Balaban J connectivity index is 3.35. The summed E-state index contributed by atoms with van der Waals surface area (Å²) < 4.78 is 0. The van der Waals surface area contributed by atoms with E-state index in [0.717, 1.165) is 4.83 Å². The maximum absolute atomic E-state index is 10.4.